The number of aryl methyl sites for hydroxylation is 1. The fraction of sp³-hybridized carbons (Fsp3) is 0.400. The third kappa shape index (κ3) is 5.33. The SMILES string of the molecule is Cn1c(=O)oc2ccc(-c3ccc(C[C@@H](C#N)NC(=O)C4CCCC(O)CNC4)cc3)cc21. The number of oxazole rings is 1. The van der Waals surface area contributed by atoms with E-state index in [1.54, 1.807) is 13.1 Å². The van der Waals surface area contributed by atoms with Gasteiger partial charge in [-0.2, -0.15) is 5.26 Å². The van der Waals surface area contributed by atoms with E-state index in [1.807, 2.05) is 36.4 Å². The first-order chi connectivity index (χ1) is 15.9. The van der Waals surface area contributed by atoms with Gasteiger partial charge < -0.3 is 20.2 Å². The van der Waals surface area contributed by atoms with Gasteiger partial charge in [0.15, 0.2) is 5.58 Å². The molecule has 4 rings (SSSR count). The molecule has 1 fully saturated rings. The van der Waals surface area contributed by atoms with Gasteiger partial charge in [0.25, 0.3) is 0 Å². The fourth-order valence-electron chi connectivity index (χ4n) is 4.25. The number of hydrogen-bond donors (Lipinski definition) is 3. The van der Waals surface area contributed by atoms with Crippen LogP contribution < -0.4 is 16.4 Å². The molecule has 0 saturated carbocycles. The normalized spacial score (nSPS) is 19.9. The zero-order valence-electron chi connectivity index (χ0n) is 18.6. The fourth-order valence-corrected chi connectivity index (χ4v) is 4.25. The zero-order chi connectivity index (χ0) is 23.4. The van der Waals surface area contributed by atoms with Gasteiger partial charge in [0.2, 0.25) is 5.91 Å². The highest BCUT2D eigenvalue weighted by Crippen LogP contribution is 2.24. The molecule has 1 aliphatic heterocycles. The van der Waals surface area contributed by atoms with Crippen LogP contribution in [0.15, 0.2) is 51.7 Å². The minimum absolute atomic E-state index is 0.124. The number of β-amino-alcohol motifs (C(OH)–C–C–N with tert-alkyl or cyclic N) is 1. The van der Waals surface area contributed by atoms with Crippen LogP contribution in [0.4, 0.5) is 0 Å². The summed E-state index contributed by atoms with van der Waals surface area (Å²) in [7, 11) is 1.67. The number of carbonyl (C=O) groups is 1. The van der Waals surface area contributed by atoms with Crippen LogP contribution in [0.3, 0.4) is 0 Å². The van der Waals surface area contributed by atoms with E-state index >= 15 is 0 Å². The molecular formula is C25H28N4O4. The average Bonchev–Trinajstić information content (AvgIpc) is 3.09. The highest BCUT2D eigenvalue weighted by atomic mass is 16.4. The molecule has 2 aromatic carbocycles. The van der Waals surface area contributed by atoms with Crippen LogP contribution in [0.25, 0.3) is 22.2 Å². The van der Waals surface area contributed by atoms with Crippen molar-refractivity contribution in [2.75, 3.05) is 13.1 Å². The Hall–Kier alpha value is -3.41. The van der Waals surface area contributed by atoms with E-state index in [-0.39, 0.29) is 17.9 Å². The number of nitriles is 1. The van der Waals surface area contributed by atoms with Gasteiger partial charge in [0.1, 0.15) is 6.04 Å². The number of amides is 1. The summed E-state index contributed by atoms with van der Waals surface area (Å²) in [6.45, 7) is 0.990. The molecule has 0 aliphatic carbocycles. The Balaban J connectivity index is 1.40. The molecule has 3 atom stereocenters. The first-order valence-corrected chi connectivity index (χ1v) is 11.2. The Labute approximate surface area is 191 Å². The minimum atomic E-state index is -0.615. The molecule has 0 bridgehead atoms. The number of aliphatic hydroxyl groups excluding tert-OH is 1. The molecule has 2 heterocycles. The van der Waals surface area contributed by atoms with Crippen LogP contribution in [0.5, 0.6) is 0 Å². The monoisotopic (exact) mass is 448 g/mol. The van der Waals surface area contributed by atoms with Crippen molar-refractivity contribution in [3.05, 3.63) is 58.6 Å². The van der Waals surface area contributed by atoms with Crippen molar-refractivity contribution in [2.24, 2.45) is 13.0 Å². The van der Waals surface area contributed by atoms with Crippen LogP contribution >= 0.6 is 0 Å². The minimum Gasteiger partial charge on any atom is -0.408 e. The van der Waals surface area contributed by atoms with Gasteiger partial charge in [-0.05, 0) is 48.1 Å². The number of aromatic nitrogens is 1. The smallest absolute Gasteiger partial charge is 0.408 e. The van der Waals surface area contributed by atoms with E-state index in [9.17, 15) is 20.0 Å². The Kier molecular flexibility index (Phi) is 6.92. The van der Waals surface area contributed by atoms with Gasteiger partial charge in [-0.15, -0.1) is 0 Å². The standard InChI is InChI=1S/C25H28N4O4/c1-29-22-12-18(9-10-23(22)33-25(29)32)17-7-5-16(6-8-17)11-20(13-26)28-24(31)19-3-2-4-21(30)15-27-14-19/h5-10,12,19-21,27,30H,2-4,11,14-15H2,1H3,(H,28,31)/t19?,20-,21?/m0/s1. The van der Waals surface area contributed by atoms with Crippen LogP contribution in [0.2, 0.25) is 0 Å². The molecule has 8 heteroatoms. The number of nitrogens with one attached hydrogen (secondary N) is 2. The molecule has 172 valence electrons. The van der Waals surface area contributed by atoms with E-state index in [1.165, 1.54) is 4.57 Å². The number of carbonyl (C=O) groups excluding carboxylic acids is 1. The topological polar surface area (TPSA) is 120 Å². The molecule has 1 aliphatic rings. The van der Waals surface area contributed by atoms with Crippen LogP contribution in [0.1, 0.15) is 24.8 Å². The van der Waals surface area contributed by atoms with Crippen molar-refractivity contribution < 1.29 is 14.3 Å². The lowest BCUT2D eigenvalue weighted by Gasteiger charge is -2.23. The van der Waals surface area contributed by atoms with Gasteiger partial charge in [-0.1, -0.05) is 30.3 Å². The van der Waals surface area contributed by atoms with E-state index in [0.717, 1.165) is 28.6 Å². The van der Waals surface area contributed by atoms with E-state index in [4.69, 9.17) is 4.42 Å². The summed E-state index contributed by atoms with van der Waals surface area (Å²) in [6.07, 6.45) is 2.20. The summed E-state index contributed by atoms with van der Waals surface area (Å²) in [5.74, 6) is -0.722. The molecule has 2 unspecified atom stereocenters. The van der Waals surface area contributed by atoms with E-state index < -0.39 is 11.8 Å². The van der Waals surface area contributed by atoms with Gasteiger partial charge >= 0.3 is 5.76 Å². The van der Waals surface area contributed by atoms with Gasteiger partial charge in [-0.3, -0.25) is 9.36 Å². The van der Waals surface area contributed by atoms with Crippen molar-refractivity contribution in [1.29, 1.82) is 5.26 Å². The molecule has 0 spiro atoms. The maximum Gasteiger partial charge on any atom is 0.419 e. The number of benzene rings is 2. The Morgan fingerprint density at radius 2 is 2.00 bits per heavy atom. The van der Waals surface area contributed by atoms with Crippen molar-refractivity contribution in [3.63, 3.8) is 0 Å². The second kappa shape index (κ2) is 10.0. The van der Waals surface area contributed by atoms with Gasteiger partial charge in [0.05, 0.1) is 23.6 Å². The molecular weight excluding hydrogens is 420 g/mol. The predicted molar refractivity (Wildman–Crippen MR) is 124 cm³/mol. The molecule has 33 heavy (non-hydrogen) atoms. The molecule has 8 nitrogen and oxygen atoms in total. The lowest BCUT2D eigenvalue weighted by atomic mass is 9.96. The number of nitrogens with zero attached hydrogens (tertiary/aromatic N) is 2. The predicted octanol–water partition coefficient (Wildman–Crippen LogP) is 2.10. The van der Waals surface area contributed by atoms with Crippen molar-refractivity contribution in [1.82, 2.24) is 15.2 Å². The lowest BCUT2D eigenvalue weighted by Crippen LogP contribution is -2.44. The second-order valence-electron chi connectivity index (χ2n) is 8.64. The number of fused-ring (bicyclic) bond motifs is 1. The summed E-state index contributed by atoms with van der Waals surface area (Å²) in [6, 6.07) is 15.0. The van der Waals surface area contributed by atoms with Crippen LogP contribution in [-0.4, -0.2) is 40.8 Å². The second-order valence-corrected chi connectivity index (χ2v) is 8.64. The molecule has 3 N–H and O–H groups in total. The summed E-state index contributed by atoms with van der Waals surface area (Å²) in [5.41, 5.74) is 4.16. The molecule has 1 saturated heterocycles. The van der Waals surface area contributed by atoms with Gasteiger partial charge in [0, 0.05) is 26.6 Å². The molecule has 3 aromatic rings. The van der Waals surface area contributed by atoms with Crippen molar-refractivity contribution in [2.45, 2.75) is 37.8 Å². The number of rotatable bonds is 5. The maximum absolute atomic E-state index is 12.7. The first kappa shape index (κ1) is 22.8. The lowest BCUT2D eigenvalue weighted by molar-refractivity contribution is -0.125. The summed E-state index contributed by atoms with van der Waals surface area (Å²) in [4.78, 5) is 24.4. The average molecular weight is 449 g/mol. The quantitative estimate of drug-likeness (QED) is 0.550. The van der Waals surface area contributed by atoms with Gasteiger partial charge in [-0.25, -0.2) is 4.79 Å². The highest BCUT2D eigenvalue weighted by Gasteiger charge is 2.23. The number of aliphatic hydroxyl groups is 1. The summed E-state index contributed by atoms with van der Waals surface area (Å²) >= 11 is 0. The molecule has 1 amide bonds. The molecule has 1 aromatic heterocycles. The zero-order valence-corrected chi connectivity index (χ0v) is 18.6. The maximum atomic E-state index is 12.7. The number of hydrogen-bond acceptors (Lipinski definition) is 6. The Bertz CT molecular complexity index is 1210. The summed E-state index contributed by atoms with van der Waals surface area (Å²) in [5, 5.41) is 25.3. The third-order valence-electron chi connectivity index (χ3n) is 6.22. The molecule has 0 radical (unpaired) electrons. The van der Waals surface area contributed by atoms with Crippen molar-refractivity contribution in [3.8, 4) is 17.2 Å². The van der Waals surface area contributed by atoms with Crippen LogP contribution in [-0.2, 0) is 18.3 Å². The highest BCUT2D eigenvalue weighted by molar-refractivity contribution is 5.81. The third-order valence-corrected chi connectivity index (χ3v) is 6.22. The Morgan fingerprint density at radius 3 is 2.76 bits per heavy atom. The van der Waals surface area contributed by atoms with Crippen molar-refractivity contribution >= 4 is 17.0 Å². The van der Waals surface area contributed by atoms with E-state index in [0.29, 0.717) is 37.9 Å². The first-order valence-electron chi connectivity index (χ1n) is 11.2. The summed E-state index contributed by atoms with van der Waals surface area (Å²) < 4.78 is 6.66. The van der Waals surface area contributed by atoms with Crippen LogP contribution in [0, 0.1) is 17.2 Å². The van der Waals surface area contributed by atoms with E-state index in [2.05, 4.69) is 16.7 Å². The Morgan fingerprint density at radius 1 is 1.24 bits per heavy atom. The largest absolute Gasteiger partial charge is 0.419 e.